The van der Waals surface area contributed by atoms with Crippen LogP contribution < -0.4 is 21.7 Å². The highest BCUT2D eigenvalue weighted by molar-refractivity contribution is 6.38. The molecule has 0 fully saturated rings. The van der Waals surface area contributed by atoms with Gasteiger partial charge in [-0.25, -0.2) is 4.79 Å². The van der Waals surface area contributed by atoms with Crippen LogP contribution in [0.4, 0.5) is 4.79 Å². The van der Waals surface area contributed by atoms with E-state index in [4.69, 9.17) is 28.9 Å². The lowest BCUT2D eigenvalue weighted by molar-refractivity contribution is -0.137. The van der Waals surface area contributed by atoms with Crippen molar-refractivity contribution in [2.75, 3.05) is 0 Å². The minimum atomic E-state index is -1.49. The Morgan fingerprint density at radius 2 is 1.71 bits per heavy atom. The van der Waals surface area contributed by atoms with Crippen molar-refractivity contribution in [3.63, 3.8) is 0 Å². The van der Waals surface area contributed by atoms with Crippen LogP contribution >= 0.6 is 23.2 Å². The molecule has 3 rings (SSSR count). The van der Waals surface area contributed by atoms with Crippen LogP contribution in [-0.4, -0.2) is 51.5 Å². The second kappa shape index (κ2) is 11.8. The van der Waals surface area contributed by atoms with Gasteiger partial charge >= 0.3 is 6.09 Å². The van der Waals surface area contributed by atoms with Gasteiger partial charge in [0.25, 0.3) is 0 Å². The molecule has 7 N–H and O–H groups in total. The number of primary amides is 1. The summed E-state index contributed by atoms with van der Waals surface area (Å²) in [5.74, 6) is -2.46. The minimum absolute atomic E-state index is 0.0723. The second-order valence-electron chi connectivity index (χ2n) is 10.2. The number of fused-ring (bicyclic) bond motifs is 3. The topological polar surface area (TPSA) is 166 Å². The number of amides is 4. The van der Waals surface area contributed by atoms with Gasteiger partial charge in [0.05, 0.1) is 10.5 Å². The van der Waals surface area contributed by atoms with Crippen molar-refractivity contribution < 1.29 is 24.3 Å². The van der Waals surface area contributed by atoms with Crippen molar-refractivity contribution >= 4 is 57.9 Å². The lowest BCUT2D eigenvalue weighted by atomic mass is 9.78. The number of halogens is 2. The van der Waals surface area contributed by atoms with Crippen LogP contribution in [0.15, 0.2) is 12.1 Å². The van der Waals surface area contributed by atoms with Crippen LogP contribution in [0.1, 0.15) is 58.2 Å². The monoisotopic (exact) mass is 567 g/mol. The number of H-pyrrole nitrogens is 1. The summed E-state index contributed by atoms with van der Waals surface area (Å²) in [4.78, 5) is 54.5. The smallest absolute Gasteiger partial charge is 0.405 e. The molecule has 38 heavy (non-hydrogen) atoms. The summed E-state index contributed by atoms with van der Waals surface area (Å²) in [7, 11) is 0. The van der Waals surface area contributed by atoms with E-state index in [1.807, 2.05) is 13.8 Å². The Kier molecular flexibility index (Phi) is 9.20. The normalized spacial score (nSPS) is 20.1. The maximum Gasteiger partial charge on any atom is 0.405 e. The molecule has 0 spiro atoms. The van der Waals surface area contributed by atoms with E-state index < -0.39 is 41.4 Å². The molecule has 0 bridgehead atoms. The fraction of sp³-hybridized carbons (Fsp3) is 0.538. The van der Waals surface area contributed by atoms with E-state index >= 15 is 0 Å². The molecule has 1 aliphatic carbocycles. The Morgan fingerprint density at radius 3 is 2.29 bits per heavy atom. The first-order valence-corrected chi connectivity index (χ1v) is 13.5. The number of carbonyl (C=O) groups is 4. The quantitative estimate of drug-likeness (QED) is 0.258. The zero-order valence-corrected chi connectivity index (χ0v) is 23.4. The highest BCUT2D eigenvalue weighted by Gasteiger charge is 2.46. The van der Waals surface area contributed by atoms with Gasteiger partial charge in [0, 0.05) is 22.5 Å². The maximum absolute atomic E-state index is 13.9. The molecule has 0 aliphatic heterocycles. The largest absolute Gasteiger partial charge is 0.465 e. The molecule has 2 aromatic rings. The van der Waals surface area contributed by atoms with E-state index in [0.29, 0.717) is 34.8 Å². The van der Waals surface area contributed by atoms with Crippen LogP contribution in [0.2, 0.25) is 10.0 Å². The molecular formula is C26H35Cl2N5O5. The molecule has 4 amide bonds. The number of carboxylic acid groups (broad SMARTS) is 1. The summed E-state index contributed by atoms with van der Waals surface area (Å²) in [6.45, 7) is 7.28. The van der Waals surface area contributed by atoms with Gasteiger partial charge in [-0.15, -0.1) is 0 Å². The third-order valence-electron chi connectivity index (χ3n) is 7.68. The minimum Gasteiger partial charge on any atom is -0.465 e. The number of nitrogens with two attached hydrogens (primary N) is 1. The Balaban J connectivity index is 2.08. The molecule has 0 saturated heterocycles. The summed E-state index contributed by atoms with van der Waals surface area (Å²) >= 11 is 12.7. The van der Waals surface area contributed by atoms with Gasteiger partial charge in [-0.1, -0.05) is 63.7 Å². The molecule has 12 heteroatoms. The zero-order chi connectivity index (χ0) is 28.4. The fourth-order valence-electron chi connectivity index (χ4n) is 4.99. The average Bonchev–Trinajstić information content (AvgIpc) is 3.22. The first-order valence-electron chi connectivity index (χ1n) is 12.7. The number of aromatic amines is 1. The van der Waals surface area contributed by atoms with E-state index in [2.05, 4.69) is 20.9 Å². The van der Waals surface area contributed by atoms with Crippen molar-refractivity contribution in [2.24, 2.45) is 17.6 Å². The van der Waals surface area contributed by atoms with Crippen molar-refractivity contribution in [1.82, 2.24) is 20.9 Å². The molecule has 0 radical (unpaired) electrons. The third kappa shape index (κ3) is 6.02. The number of rotatable bonds is 10. The number of aromatic nitrogens is 1. The van der Waals surface area contributed by atoms with E-state index in [1.54, 1.807) is 26.0 Å². The number of hydrogen-bond acceptors (Lipinski definition) is 4. The van der Waals surface area contributed by atoms with Crippen LogP contribution in [0.5, 0.6) is 0 Å². The zero-order valence-electron chi connectivity index (χ0n) is 21.9. The van der Waals surface area contributed by atoms with Crippen LogP contribution in [0.25, 0.3) is 10.9 Å². The molecule has 5 atom stereocenters. The van der Waals surface area contributed by atoms with Crippen molar-refractivity contribution in [3.8, 4) is 0 Å². The summed E-state index contributed by atoms with van der Waals surface area (Å²) < 4.78 is 0. The van der Waals surface area contributed by atoms with Gasteiger partial charge in [-0.2, -0.15) is 0 Å². The Morgan fingerprint density at radius 1 is 1.08 bits per heavy atom. The van der Waals surface area contributed by atoms with Gasteiger partial charge in [-0.3, -0.25) is 14.4 Å². The number of hydrogen-bond donors (Lipinski definition) is 6. The van der Waals surface area contributed by atoms with E-state index in [0.717, 1.165) is 16.6 Å². The first kappa shape index (κ1) is 29.6. The molecule has 4 unspecified atom stereocenters. The molecule has 10 nitrogen and oxygen atoms in total. The number of benzene rings is 1. The highest BCUT2D eigenvalue weighted by atomic mass is 35.5. The predicted octanol–water partition coefficient (Wildman–Crippen LogP) is 3.52. The summed E-state index contributed by atoms with van der Waals surface area (Å²) in [6, 6.07) is 1.33. The second-order valence-corrected chi connectivity index (χ2v) is 11.0. The lowest BCUT2D eigenvalue weighted by Crippen LogP contribution is -2.67. The number of aryl methyl sites for hydroxylation is 1. The average molecular weight is 569 g/mol. The van der Waals surface area contributed by atoms with Gasteiger partial charge in [-0.05, 0) is 42.4 Å². The van der Waals surface area contributed by atoms with Crippen LogP contribution in [0, 0.1) is 11.8 Å². The Labute approximate surface area is 231 Å². The Hall–Kier alpha value is -2.98. The van der Waals surface area contributed by atoms with Gasteiger partial charge in [0.1, 0.15) is 17.6 Å². The molecule has 0 saturated carbocycles. The fourth-order valence-corrected chi connectivity index (χ4v) is 5.53. The molecule has 1 aromatic heterocycles. The molecule has 1 aliphatic rings. The van der Waals surface area contributed by atoms with Gasteiger partial charge in [0.2, 0.25) is 17.7 Å². The van der Waals surface area contributed by atoms with Gasteiger partial charge in [0.15, 0.2) is 0 Å². The summed E-state index contributed by atoms with van der Waals surface area (Å²) in [6.07, 6.45) is 0.428. The third-order valence-corrected chi connectivity index (χ3v) is 8.19. The van der Waals surface area contributed by atoms with Crippen LogP contribution in [0.3, 0.4) is 0 Å². The number of nitrogens with one attached hydrogen (secondary N) is 4. The summed E-state index contributed by atoms with van der Waals surface area (Å²) in [5.41, 5.74) is 6.42. The molecule has 208 valence electrons. The predicted molar refractivity (Wildman–Crippen MR) is 146 cm³/mol. The molecule has 1 aromatic carbocycles. The highest BCUT2D eigenvalue weighted by Crippen LogP contribution is 2.38. The number of carbonyl (C=O) groups excluding carboxylic acids is 3. The van der Waals surface area contributed by atoms with E-state index in [9.17, 15) is 24.3 Å². The molecule has 1 heterocycles. The van der Waals surface area contributed by atoms with Crippen molar-refractivity contribution in [2.45, 2.75) is 77.4 Å². The molecular weight excluding hydrogens is 533 g/mol. The van der Waals surface area contributed by atoms with E-state index in [-0.39, 0.29) is 24.7 Å². The standard InChI is InChI=1S/C26H35Cl2N5O5/c1-5-12(3)19(22(29)34)31-24(36)26(33-23(35)20(13(4)6-2)32-25(37)38)8-7-18-16(11-26)15-9-14(27)10-17(28)21(15)30-18/h9-10,12-13,19-20,30,32H,5-8,11H2,1-4H3,(H2,29,34)(H,31,36)(H,33,35)(H,37,38)/t12?,13?,19?,20?,26-/m1/s1. The van der Waals surface area contributed by atoms with E-state index in [1.165, 1.54) is 0 Å². The Bertz CT molecular complexity index is 1250. The first-order chi connectivity index (χ1) is 17.8. The van der Waals surface area contributed by atoms with Gasteiger partial charge < -0.3 is 31.8 Å². The van der Waals surface area contributed by atoms with Crippen molar-refractivity contribution in [3.05, 3.63) is 33.4 Å². The van der Waals surface area contributed by atoms with Crippen LogP contribution in [-0.2, 0) is 27.2 Å². The summed E-state index contributed by atoms with van der Waals surface area (Å²) in [5, 5.41) is 18.8. The van der Waals surface area contributed by atoms with Crippen molar-refractivity contribution in [1.29, 1.82) is 0 Å². The SMILES string of the molecule is CCC(C)C(NC(=O)[C@@]1(NC(=O)C(NC(=O)O)C(C)CC)CCc2[nH]c3c(Cl)cc(Cl)cc3c2C1)C(N)=O. The lowest BCUT2D eigenvalue weighted by Gasteiger charge is -2.39. The maximum atomic E-state index is 13.9.